The highest BCUT2D eigenvalue weighted by molar-refractivity contribution is 7.89. The third-order valence-electron chi connectivity index (χ3n) is 4.32. The molecule has 0 unspecified atom stereocenters. The number of rotatable bonds is 4. The Morgan fingerprint density at radius 1 is 1.22 bits per heavy atom. The molecule has 1 aliphatic heterocycles. The van der Waals surface area contributed by atoms with Crippen LogP contribution >= 0.6 is 12.4 Å². The van der Waals surface area contributed by atoms with Gasteiger partial charge in [-0.3, -0.25) is 4.68 Å². The first kappa shape index (κ1) is 17.9. The maximum Gasteiger partial charge on any atom is 0.260 e. The van der Waals surface area contributed by atoms with Crippen molar-refractivity contribution in [1.29, 1.82) is 0 Å². The Morgan fingerprint density at radius 2 is 1.91 bits per heavy atom. The van der Waals surface area contributed by atoms with Crippen LogP contribution in [0.1, 0.15) is 11.5 Å². The lowest BCUT2D eigenvalue weighted by Gasteiger charge is -2.17. The lowest BCUT2D eigenvalue weighted by molar-refractivity contribution is 0.451. The summed E-state index contributed by atoms with van der Waals surface area (Å²) < 4.78 is 28.5. The molecule has 1 saturated heterocycles. The highest BCUT2D eigenvalue weighted by Gasteiger charge is 2.40. The number of aryl methyl sites for hydroxylation is 1. The van der Waals surface area contributed by atoms with Gasteiger partial charge in [0, 0.05) is 26.1 Å². The Morgan fingerprint density at radius 3 is 2.48 bits per heavy atom. The first-order valence-corrected chi connectivity index (χ1v) is 8.71. The molecule has 6 nitrogen and oxygen atoms in total. The van der Waals surface area contributed by atoms with Crippen LogP contribution < -0.4 is 5.73 Å². The first-order valence-electron chi connectivity index (χ1n) is 7.27. The number of hydrogen-bond acceptors (Lipinski definition) is 4. The van der Waals surface area contributed by atoms with E-state index in [2.05, 4.69) is 5.10 Å². The number of sulfonamides is 1. The molecule has 1 aromatic carbocycles. The van der Waals surface area contributed by atoms with Crippen molar-refractivity contribution >= 4 is 22.4 Å². The summed E-state index contributed by atoms with van der Waals surface area (Å²) in [5.74, 6) is 0.264. The van der Waals surface area contributed by atoms with E-state index in [9.17, 15) is 8.42 Å². The van der Waals surface area contributed by atoms with E-state index in [1.807, 2.05) is 30.3 Å². The highest BCUT2D eigenvalue weighted by Crippen LogP contribution is 2.34. The van der Waals surface area contributed by atoms with Crippen molar-refractivity contribution in [2.45, 2.75) is 10.9 Å². The van der Waals surface area contributed by atoms with Crippen LogP contribution in [0.5, 0.6) is 0 Å². The molecule has 8 heteroatoms. The standard InChI is InChI=1S/C15H20N4O2S.ClH/c1-18-15(7-8-17-18)22(20,21)19-10-13(9-16)14(11-19)12-5-3-2-4-6-12;/h2-8,13-14H,9-11,16H2,1H3;1H/t13-,14+;/m1./s1. The molecule has 0 spiro atoms. The summed E-state index contributed by atoms with van der Waals surface area (Å²) in [4.78, 5) is 0. The smallest absolute Gasteiger partial charge is 0.260 e. The molecular weight excluding hydrogens is 336 g/mol. The molecule has 0 radical (unpaired) electrons. The van der Waals surface area contributed by atoms with Crippen LogP contribution in [0.2, 0.25) is 0 Å². The fraction of sp³-hybridized carbons (Fsp3) is 0.400. The van der Waals surface area contributed by atoms with Crippen LogP contribution in [0, 0.1) is 5.92 Å². The van der Waals surface area contributed by atoms with Gasteiger partial charge in [0.15, 0.2) is 5.03 Å². The number of aromatic nitrogens is 2. The Labute approximate surface area is 142 Å². The van der Waals surface area contributed by atoms with E-state index in [0.29, 0.717) is 19.6 Å². The molecule has 126 valence electrons. The maximum atomic E-state index is 12.8. The van der Waals surface area contributed by atoms with E-state index in [1.165, 1.54) is 21.3 Å². The van der Waals surface area contributed by atoms with Gasteiger partial charge in [-0.1, -0.05) is 30.3 Å². The van der Waals surface area contributed by atoms with Crippen molar-refractivity contribution < 1.29 is 8.42 Å². The van der Waals surface area contributed by atoms with Gasteiger partial charge < -0.3 is 5.73 Å². The molecule has 0 saturated carbocycles. The Kier molecular flexibility index (Phi) is 5.46. The molecule has 2 aromatic rings. The summed E-state index contributed by atoms with van der Waals surface area (Å²) in [5.41, 5.74) is 7.02. The molecule has 23 heavy (non-hydrogen) atoms. The summed E-state index contributed by atoms with van der Waals surface area (Å²) in [7, 11) is -1.89. The van der Waals surface area contributed by atoms with Crippen molar-refractivity contribution in [2.75, 3.05) is 19.6 Å². The predicted molar refractivity (Wildman–Crippen MR) is 90.9 cm³/mol. The second kappa shape index (κ2) is 7.00. The average Bonchev–Trinajstić information content (AvgIpc) is 3.14. The number of nitrogens with two attached hydrogens (primary N) is 1. The van der Waals surface area contributed by atoms with Crippen LogP contribution in [0.3, 0.4) is 0 Å². The fourth-order valence-electron chi connectivity index (χ4n) is 3.09. The summed E-state index contributed by atoms with van der Waals surface area (Å²) in [5, 5.41) is 4.18. The maximum absolute atomic E-state index is 12.8. The molecule has 0 amide bonds. The third kappa shape index (κ3) is 3.28. The van der Waals surface area contributed by atoms with Crippen molar-refractivity contribution in [3.8, 4) is 0 Å². The fourth-order valence-corrected chi connectivity index (χ4v) is 4.71. The number of nitrogens with zero attached hydrogens (tertiary/aromatic N) is 3. The van der Waals surface area contributed by atoms with Gasteiger partial charge in [0.05, 0.1) is 6.20 Å². The molecule has 1 aromatic heterocycles. The summed E-state index contributed by atoms with van der Waals surface area (Å²) in [6.07, 6.45) is 1.50. The van der Waals surface area contributed by atoms with Gasteiger partial charge in [0.1, 0.15) is 0 Å². The largest absolute Gasteiger partial charge is 0.330 e. The summed E-state index contributed by atoms with van der Waals surface area (Å²) in [6, 6.07) is 11.5. The molecule has 2 heterocycles. The van der Waals surface area contributed by atoms with E-state index in [0.717, 1.165) is 5.56 Å². The number of hydrogen-bond donors (Lipinski definition) is 1. The lowest BCUT2D eigenvalue weighted by Crippen LogP contribution is -2.31. The van der Waals surface area contributed by atoms with Gasteiger partial charge in [0.2, 0.25) is 0 Å². The van der Waals surface area contributed by atoms with Crippen molar-refractivity contribution in [3.63, 3.8) is 0 Å². The van der Waals surface area contributed by atoms with Crippen LogP contribution in [0.4, 0.5) is 0 Å². The molecule has 0 bridgehead atoms. The zero-order valence-corrected chi connectivity index (χ0v) is 14.5. The SMILES string of the molecule is Cl.Cn1nccc1S(=O)(=O)N1C[C@@H](CN)[C@H](c2ccccc2)C1. The average molecular weight is 357 g/mol. The Balaban J connectivity index is 0.00000192. The highest BCUT2D eigenvalue weighted by atomic mass is 35.5. The van der Waals surface area contributed by atoms with E-state index < -0.39 is 10.0 Å². The molecule has 0 aliphatic carbocycles. The summed E-state index contributed by atoms with van der Waals surface area (Å²) in [6.45, 7) is 1.37. The van der Waals surface area contributed by atoms with E-state index >= 15 is 0 Å². The van der Waals surface area contributed by atoms with Gasteiger partial charge in [-0.25, -0.2) is 8.42 Å². The topological polar surface area (TPSA) is 81.2 Å². The minimum absolute atomic E-state index is 0. The zero-order valence-electron chi connectivity index (χ0n) is 12.9. The monoisotopic (exact) mass is 356 g/mol. The van der Waals surface area contributed by atoms with Crippen LogP contribution in [0.25, 0.3) is 0 Å². The number of halogens is 1. The van der Waals surface area contributed by atoms with Gasteiger partial charge in [-0.15, -0.1) is 12.4 Å². The molecule has 1 aliphatic rings. The Bertz CT molecular complexity index is 748. The first-order chi connectivity index (χ1) is 10.5. The molecule has 2 atom stereocenters. The molecular formula is C15H21ClN4O2S. The van der Waals surface area contributed by atoms with Crippen LogP contribution in [0.15, 0.2) is 47.6 Å². The van der Waals surface area contributed by atoms with Crippen LogP contribution in [-0.2, 0) is 17.1 Å². The second-order valence-corrected chi connectivity index (χ2v) is 7.51. The third-order valence-corrected chi connectivity index (χ3v) is 6.22. The van der Waals surface area contributed by atoms with E-state index in [1.54, 1.807) is 7.05 Å². The van der Waals surface area contributed by atoms with Gasteiger partial charge in [-0.05, 0) is 24.1 Å². The lowest BCUT2D eigenvalue weighted by atomic mass is 9.89. The van der Waals surface area contributed by atoms with E-state index in [-0.39, 0.29) is 29.3 Å². The van der Waals surface area contributed by atoms with Gasteiger partial charge in [0.25, 0.3) is 10.0 Å². The number of benzene rings is 1. The predicted octanol–water partition coefficient (Wildman–Crippen LogP) is 1.20. The minimum atomic E-state index is -3.53. The van der Waals surface area contributed by atoms with Crippen LogP contribution in [-0.4, -0.2) is 42.1 Å². The Hall–Kier alpha value is -1.41. The second-order valence-electron chi connectivity index (χ2n) is 5.63. The van der Waals surface area contributed by atoms with Crippen molar-refractivity contribution in [2.24, 2.45) is 18.7 Å². The minimum Gasteiger partial charge on any atom is -0.330 e. The van der Waals surface area contributed by atoms with Gasteiger partial charge >= 0.3 is 0 Å². The summed E-state index contributed by atoms with van der Waals surface area (Å²) >= 11 is 0. The molecule has 2 N–H and O–H groups in total. The molecule has 1 fully saturated rings. The molecule has 3 rings (SSSR count). The van der Waals surface area contributed by atoms with Crippen molar-refractivity contribution in [3.05, 3.63) is 48.2 Å². The van der Waals surface area contributed by atoms with Gasteiger partial charge in [-0.2, -0.15) is 9.40 Å². The normalized spacial score (nSPS) is 22.0. The zero-order chi connectivity index (χ0) is 15.7. The van der Waals surface area contributed by atoms with Crippen molar-refractivity contribution in [1.82, 2.24) is 14.1 Å². The van der Waals surface area contributed by atoms with E-state index in [4.69, 9.17) is 5.73 Å². The quantitative estimate of drug-likeness (QED) is 0.892.